The average molecular weight is 614 g/mol. The molecule has 0 radical (unpaired) electrons. The van der Waals surface area contributed by atoms with Gasteiger partial charge in [0, 0.05) is 19.5 Å². The summed E-state index contributed by atoms with van der Waals surface area (Å²) in [5.74, 6) is -0.302. The van der Waals surface area contributed by atoms with E-state index in [1.807, 2.05) is 75.4 Å². The van der Waals surface area contributed by atoms with Crippen molar-refractivity contribution in [1.82, 2.24) is 10.2 Å². The summed E-state index contributed by atoms with van der Waals surface area (Å²) in [4.78, 5) is 29.5. The number of hydrogen-bond donors (Lipinski definition) is 1. The molecule has 4 rings (SSSR count). The zero-order valence-electron chi connectivity index (χ0n) is 25.6. The summed E-state index contributed by atoms with van der Waals surface area (Å²) >= 11 is 0. The standard InChI is InChI=1S/C35H39N3O5S/c1-5-36-35(40)33(23-28-9-7-6-8-10-28)37(24-29-15-11-26(2)12-16-29)34(39)25-38(30-17-13-27(3)14-18-30)44(41,42)32-21-19-31(43-4)20-22-32/h6-22,33H,5,23-25H2,1-4H3,(H,36,40). The number of nitrogens with zero attached hydrogens (tertiary/aromatic N) is 2. The van der Waals surface area contributed by atoms with Crippen LogP contribution in [0.15, 0.2) is 108 Å². The predicted molar refractivity (Wildman–Crippen MR) is 173 cm³/mol. The average Bonchev–Trinajstić information content (AvgIpc) is 3.03. The third-order valence-electron chi connectivity index (χ3n) is 7.34. The molecule has 0 aliphatic rings. The van der Waals surface area contributed by atoms with E-state index in [1.165, 1.54) is 24.1 Å². The molecule has 0 saturated carbocycles. The van der Waals surface area contributed by atoms with Crippen molar-refractivity contribution in [2.24, 2.45) is 0 Å². The Morgan fingerprint density at radius 1 is 0.795 bits per heavy atom. The first-order valence-corrected chi connectivity index (χ1v) is 16.0. The molecule has 230 valence electrons. The summed E-state index contributed by atoms with van der Waals surface area (Å²) in [6, 6.07) is 29.3. The van der Waals surface area contributed by atoms with E-state index in [2.05, 4.69) is 5.32 Å². The van der Waals surface area contributed by atoms with Gasteiger partial charge >= 0.3 is 0 Å². The van der Waals surface area contributed by atoms with Crippen molar-refractivity contribution in [3.05, 3.63) is 125 Å². The van der Waals surface area contributed by atoms with Crippen molar-refractivity contribution < 1.29 is 22.7 Å². The normalized spacial score (nSPS) is 11.8. The fraction of sp³-hybridized carbons (Fsp3) is 0.257. The van der Waals surface area contributed by atoms with Crippen LogP contribution in [-0.4, -0.2) is 51.4 Å². The molecule has 1 N–H and O–H groups in total. The second-order valence-corrected chi connectivity index (χ2v) is 12.5. The summed E-state index contributed by atoms with van der Waals surface area (Å²) in [5, 5.41) is 2.88. The van der Waals surface area contributed by atoms with Crippen LogP contribution in [-0.2, 0) is 32.6 Å². The molecule has 0 saturated heterocycles. The summed E-state index contributed by atoms with van der Waals surface area (Å²) in [5.41, 5.74) is 4.06. The van der Waals surface area contributed by atoms with E-state index in [1.54, 1.807) is 36.4 Å². The number of hydrogen-bond acceptors (Lipinski definition) is 5. The first-order valence-electron chi connectivity index (χ1n) is 14.5. The molecule has 0 aromatic heterocycles. The van der Waals surface area contributed by atoms with Crippen LogP contribution in [0.5, 0.6) is 5.75 Å². The highest BCUT2D eigenvalue weighted by atomic mass is 32.2. The molecule has 0 aliphatic heterocycles. The number of aryl methyl sites for hydroxylation is 2. The highest BCUT2D eigenvalue weighted by Gasteiger charge is 2.34. The van der Waals surface area contributed by atoms with E-state index in [9.17, 15) is 18.0 Å². The molecule has 4 aromatic rings. The Morgan fingerprint density at radius 2 is 1.39 bits per heavy atom. The number of nitrogens with one attached hydrogen (secondary N) is 1. The summed E-state index contributed by atoms with van der Waals surface area (Å²) in [6.07, 6.45) is 0.264. The molecule has 1 atom stereocenters. The zero-order valence-corrected chi connectivity index (χ0v) is 26.4. The van der Waals surface area contributed by atoms with Gasteiger partial charge in [0.15, 0.2) is 0 Å². The van der Waals surface area contributed by atoms with E-state index in [0.29, 0.717) is 18.0 Å². The van der Waals surface area contributed by atoms with Gasteiger partial charge in [-0.1, -0.05) is 77.9 Å². The van der Waals surface area contributed by atoms with Gasteiger partial charge in [0.05, 0.1) is 17.7 Å². The number of carbonyl (C=O) groups excluding carboxylic acids is 2. The zero-order chi connectivity index (χ0) is 31.7. The van der Waals surface area contributed by atoms with E-state index in [4.69, 9.17) is 4.74 Å². The van der Waals surface area contributed by atoms with Gasteiger partial charge in [-0.2, -0.15) is 0 Å². The smallest absolute Gasteiger partial charge is 0.264 e. The first-order chi connectivity index (χ1) is 21.1. The lowest BCUT2D eigenvalue weighted by Gasteiger charge is -2.34. The third-order valence-corrected chi connectivity index (χ3v) is 9.13. The number of likely N-dealkylation sites (N-methyl/N-ethyl adjacent to an activating group) is 1. The minimum absolute atomic E-state index is 0.0151. The van der Waals surface area contributed by atoms with Crippen LogP contribution in [0, 0.1) is 13.8 Å². The number of amides is 2. The molecule has 44 heavy (non-hydrogen) atoms. The monoisotopic (exact) mass is 613 g/mol. The maximum absolute atomic E-state index is 14.4. The second kappa shape index (κ2) is 14.7. The lowest BCUT2D eigenvalue weighted by atomic mass is 10.0. The number of ether oxygens (including phenoxy) is 1. The van der Waals surface area contributed by atoms with Crippen LogP contribution in [0.25, 0.3) is 0 Å². The van der Waals surface area contributed by atoms with Gasteiger partial charge in [0.1, 0.15) is 18.3 Å². The Balaban J connectivity index is 1.78. The number of rotatable bonds is 13. The molecule has 0 aliphatic carbocycles. The topological polar surface area (TPSA) is 96.0 Å². The first kappa shape index (κ1) is 32.3. The fourth-order valence-corrected chi connectivity index (χ4v) is 6.27. The largest absolute Gasteiger partial charge is 0.497 e. The Kier molecular flexibility index (Phi) is 10.8. The molecule has 8 nitrogen and oxygen atoms in total. The maximum atomic E-state index is 14.4. The van der Waals surface area contributed by atoms with Crippen molar-refractivity contribution in [3.63, 3.8) is 0 Å². The van der Waals surface area contributed by atoms with E-state index >= 15 is 0 Å². The predicted octanol–water partition coefficient (Wildman–Crippen LogP) is 5.28. The molecule has 9 heteroatoms. The fourth-order valence-electron chi connectivity index (χ4n) is 4.85. The molecule has 1 unspecified atom stereocenters. The van der Waals surface area contributed by atoms with Gasteiger partial charge < -0.3 is 15.0 Å². The Hall–Kier alpha value is -4.63. The molecule has 0 bridgehead atoms. The molecular weight excluding hydrogens is 574 g/mol. The molecule has 0 fully saturated rings. The van der Waals surface area contributed by atoms with E-state index < -0.39 is 28.5 Å². The van der Waals surface area contributed by atoms with Crippen LogP contribution in [0.1, 0.15) is 29.2 Å². The maximum Gasteiger partial charge on any atom is 0.264 e. The quantitative estimate of drug-likeness (QED) is 0.221. The lowest BCUT2D eigenvalue weighted by Crippen LogP contribution is -2.53. The molecule has 0 spiro atoms. The van der Waals surface area contributed by atoms with Gasteiger partial charge in [0.2, 0.25) is 11.8 Å². The minimum atomic E-state index is -4.18. The highest BCUT2D eigenvalue weighted by Crippen LogP contribution is 2.27. The lowest BCUT2D eigenvalue weighted by molar-refractivity contribution is -0.140. The number of anilines is 1. The summed E-state index contributed by atoms with van der Waals surface area (Å²) in [6.45, 7) is 5.71. The number of methoxy groups -OCH3 is 1. The number of carbonyl (C=O) groups is 2. The molecular formula is C35H39N3O5S. The number of sulfonamides is 1. The van der Waals surface area contributed by atoms with Crippen LogP contribution in [0.2, 0.25) is 0 Å². The van der Waals surface area contributed by atoms with Crippen molar-refractivity contribution in [2.45, 2.75) is 44.7 Å². The van der Waals surface area contributed by atoms with Crippen LogP contribution in [0.3, 0.4) is 0 Å². The Bertz CT molecular complexity index is 1640. The van der Waals surface area contributed by atoms with Crippen LogP contribution in [0.4, 0.5) is 5.69 Å². The van der Waals surface area contributed by atoms with Crippen molar-refractivity contribution in [3.8, 4) is 5.75 Å². The molecule has 0 heterocycles. The van der Waals surface area contributed by atoms with Crippen LogP contribution < -0.4 is 14.4 Å². The van der Waals surface area contributed by atoms with E-state index in [0.717, 1.165) is 26.6 Å². The van der Waals surface area contributed by atoms with Gasteiger partial charge in [-0.15, -0.1) is 0 Å². The number of benzene rings is 4. The second-order valence-electron chi connectivity index (χ2n) is 10.6. The summed E-state index contributed by atoms with van der Waals surface area (Å²) in [7, 11) is -2.68. The van der Waals surface area contributed by atoms with Gasteiger partial charge in [-0.25, -0.2) is 8.42 Å². The van der Waals surface area contributed by atoms with Crippen molar-refractivity contribution in [1.29, 1.82) is 0 Å². The van der Waals surface area contributed by atoms with Gasteiger partial charge in [-0.3, -0.25) is 13.9 Å². The minimum Gasteiger partial charge on any atom is -0.497 e. The third kappa shape index (κ3) is 8.05. The van der Waals surface area contributed by atoms with E-state index in [-0.39, 0.29) is 23.8 Å². The van der Waals surface area contributed by atoms with Gasteiger partial charge in [0.25, 0.3) is 10.0 Å². The summed E-state index contributed by atoms with van der Waals surface area (Å²) < 4.78 is 34.5. The molecule has 4 aromatic carbocycles. The molecule has 2 amide bonds. The Morgan fingerprint density at radius 3 is 1.95 bits per heavy atom. The van der Waals surface area contributed by atoms with Crippen LogP contribution >= 0.6 is 0 Å². The Labute approximate surface area is 260 Å². The van der Waals surface area contributed by atoms with Crippen molar-refractivity contribution in [2.75, 3.05) is 24.5 Å². The highest BCUT2D eigenvalue weighted by molar-refractivity contribution is 7.92. The van der Waals surface area contributed by atoms with Crippen molar-refractivity contribution >= 4 is 27.5 Å². The SMILES string of the molecule is CCNC(=O)C(Cc1ccccc1)N(Cc1ccc(C)cc1)C(=O)CN(c1ccc(C)cc1)S(=O)(=O)c1ccc(OC)cc1. The van der Waals surface area contributed by atoms with Gasteiger partial charge in [-0.05, 0) is 68.3 Å².